The number of halogens is 1. The van der Waals surface area contributed by atoms with Gasteiger partial charge >= 0.3 is 0 Å². The molecule has 0 spiro atoms. The average Bonchev–Trinajstić information content (AvgIpc) is 3.39. The fourth-order valence-electron chi connectivity index (χ4n) is 3.46. The Balaban J connectivity index is 1.62. The molecule has 0 aliphatic heterocycles. The van der Waals surface area contributed by atoms with Gasteiger partial charge in [-0.25, -0.2) is 4.68 Å². The number of rotatable bonds is 8. The highest BCUT2D eigenvalue weighted by atomic mass is 35.5. The first-order valence-electron chi connectivity index (χ1n) is 10.5. The lowest BCUT2D eigenvalue weighted by atomic mass is 10.1. The summed E-state index contributed by atoms with van der Waals surface area (Å²) in [6, 6.07) is 12.7. The van der Waals surface area contributed by atoms with Gasteiger partial charge in [-0.15, -0.1) is 0 Å². The minimum atomic E-state index is -0.365. The lowest BCUT2D eigenvalue weighted by Crippen LogP contribution is -2.21. The third-order valence-corrected chi connectivity index (χ3v) is 5.33. The molecule has 0 saturated heterocycles. The van der Waals surface area contributed by atoms with Crippen molar-refractivity contribution >= 4 is 34.8 Å². The second kappa shape index (κ2) is 9.84. The van der Waals surface area contributed by atoms with Crippen molar-refractivity contribution in [3.8, 4) is 28.6 Å². The first-order valence-corrected chi connectivity index (χ1v) is 10.9. The molecule has 0 radical (unpaired) electrons. The van der Waals surface area contributed by atoms with Crippen molar-refractivity contribution < 1.29 is 14.1 Å². The Bertz CT molecular complexity index is 1330. The van der Waals surface area contributed by atoms with Crippen molar-refractivity contribution in [2.75, 3.05) is 30.0 Å². The SMILES string of the molecule is CCNc1nn(CC(=O)Nc2cc(Cl)ccc2OC)c(N)c1-c1nc(-c2ccccc2C)no1. The Labute approximate surface area is 201 Å². The van der Waals surface area contributed by atoms with E-state index in [2.05, 4.69) is 25.9 Å². The summed E-state index contributed by atoms with van der Waals surface area (Å²) < 4.78 is 12.2. The third-order valence-electron chi connectivity index (χ3n) is 5.09. The van der Waals surface area contributed by atoms with E-state index in [1.807, 2.05) is 38.1 Å². The zero-order valence-corrected chi connectivity index (χ0v) is 19.7. The van der Waals surface area contributed by atoms with Gasteiger partial charge in [0.25, 0.3) is 5.89 Å². The van der Waals surface area contributed by atoms with Crippen LogP contribution in [0.5, 0.6) is 5.75 Å². The van der Waals surface area contributed by atoms with Crippen LogP contribution in [0.4, 0.5) is 17.3 Å². The van der Waals surface area contributed by atoms with E-state index in [9.17, 15) is 4.79 Å². The molecular formula is C23H24ClN7O3. The average molecular weight is 482 g/mol. The molecule has 4 aromatic rings. The minimum Gasteiger partial charge on any atom is -0.495 e. The van der Waals surface area contributed by atoms with Gasteiger partial charge in [0.2, 0.25) is 11.7 Å². The predicted octanol–water partition coefficient (Wildman–Crippen LogP) is 4.22. The number of ether oxygens (including phenoxy) is 1. The molecular weight excluding hydrogens is 458 g/mol. The number of nitrogens with one attached hydrogen (secondary N) is 2. The number of aryl methyl sites for hydroxylation is 1. The van der Waals surface area contributed by atoms with Crippen LogP contribution in [0.2, 0.25) is 5.02 Å². The summed E-state index contributed by atoms with van der Waals surface area (Å²) in [7, 11) is 1.51. The highest BCUT2D eigenvalue weighted by molar-refractivity contribution is 6.31. The molecule has 34 heavy (non-hydrogen) atoms. The molecule has 4 rings (SSSR count). The van der Waals surface area contributed by atoms with Crippen LogP contribution in [0.15, 0.2) is 47.0 Å². The van der Waals surface area contributed by atoms with Crippen molar-refractivity contribution in [3.63, 3.8) is 0 Å². The monoisotopic (exact) mass is 481 g/mol. The smallest absolute Gasteiger partial charge is 0.265 e. The van der Waals surface area contributed by atoms with E-state index in [0.29, 0.717) is 40.2 Å². The van der Waals surface area contributed by atoms with Crippen LogP contribution in [0.25, 0.3) is 22.8 Å². The van der Waals surface area contributed by atoms with E-state index < -0.39 is 0 Å². The van der Waals surface area contributed by atoms with Crippen LogP contribution < -0.4 is 21.1 Å². The third kappa shape index (κ3) is 4.67. The molecule has 10 nitrogen and oxygen atoms in total. The molecule has 2 aromatic carbocycles. The summed E-state index contributed by atoms with van der Waals surface area (Å²) in [5.74, 6) is 1.41. The van der Waals surface area contributed by atoms with Gasteiger partial charge in [0, 0.05) is 17.1 Å². The molecule has 0 fully saturated rings. The Morgan fingerprint density at radius 3 is 2.79 bits per heavy atom. The van der Waals surface area contributed by atoms with Crippen molar-refractivity contribution in [1.29, 1.82) is 0 Å². The van der Waals surface area contributed by atoms with E-state index in [1.54, 1.807) is 18.2 Å². The van der Waals surface area contributed by atoms with Crippen LogP contribution in [0, 0.1) is 6.92 Å². The molecule has 11 heteroatoms. The Hall–Kier alpha value is -4.05. The summed E-state index contributed by atoms with van der Waals surface area (Å²) in [6.07, 6.45) is 0. The second-order valence-corrected chi connectivity index (χ2v) is 7.86. The first-order chi connectivity index (χ1) is 16.4. The van der Waals surface area contributed by atoms with Crippen LogP contribution >= 0.6 is 11.6 Å². The molecule has 0 bridgehead atoms. The molecule has 4 N–H and O–H groups in total. The normalized spacial score (nSPS) is 10.8. The summed E-state index contributed by atoms with van der Waals surface area (Å²) in [6.45, 7) is 4.31. The van der Waals surface area contributed by atoms with E-state index >= 15 is 0 Å². The summed E-state index contributed by atoms with van der Waals surface area (Å²) in [4.78, 5) is 17.3. The molecule has 0 saturated carbocycles. The fraction of sp³-hybridized carbons (Fsp3) is 0.217. The predicted molar refractivity (Wildman–Crippen MR) is 131 cm³/mol. The van der Waals surface area contributed by atoms with E-state index in [1.165, 1.54) is 11.8 Å². The van der Waals surface area contributed by atoms with Crippen LogP contribution in [-0.2, 0) is 11.3 Å². The summed E-state index contributed by atoms with van der Waals surface area (Å²) >= 11 is 6.05. The number of carbonyl (C=O) groups excluding carboxylic acids is 1. The van der Waals surface area contributed by atoms with Gasteiger partial charge in [0.15, 0.2) is 5.82 Å². The maximum atomic E-state index is 12.8. The maximum absolute atomic E-state index is 12.8. The fourth-order valence-corrected chi connectivity index (χ4v) is 3.63. The van der Waals surface area contributed by atoms with Gasteiger partial charge in [0.05, 0.1) is 12.8 Å². The van der Waals surface area contributed by atoms with Gasteiger partial charge in [-0.3, -0.25) is 4.79 Å². The number of carbonyl (C=O) groups is 1. The zero-order valence-electron chi connectivity index (χ0n) is 18.9. The summed E-state index contributed by atoms with van der Waals surface area (Å²) in [5, 5.41) is 14.9. The number of methoxy groups -OCH3 is 1. The number of nitrogens with two attached hydrogens (primary N) is 1. The largest absolute Gasteiger partial charge is 0.495 e. The highest BCUT2D eigenvalue weighted by Crippen LogP contribution is 2.34. The highest BCUT2D eigenvalue weighted by Gasteiger charge is 2.24. The van der Waals surface area contributed by atoms with Gasteiger partial charge in [-0.2, -0.15) is 10.1 Å². The number of aromatic nitrogens is 4. The number of nitrogen functional groups attached to an aromatic ring is 1. The molecule has 2 heterocycles. The lowest BCUT2D eigenvalue weighted by Gasteiger charge is -2.11. The van der Waals surface area contributed by atoms with Crippen molar-refractivity contribution in [2.45, 2.75) is 20.4 Å². The van der Waals surface area contributed by atoms with Gasteiger partial charge in [0.1, 0.15) is 23.7 Å². The summed E-state index contributed by atoms with van der Waals surface area (Å²) in [5.41, 5.74) is 9.11. The number of benzene rings is 2. The number of hydrogen-bond acceptors (Lipinski definition) is 8. The van der Waals surface area contributed by atoms with Crippen molar-refractivity contribution in [2.24, 2.45) is 0 Å². The standard InChI is InChI=1S/C23H24ClN7O3/c1-4-26-22-19(23-28-21(30-34-23)15-8-6-5-7-13(15)2)20(25)31(29-22)12-18(32)27-16-11-14(24)9-10-17(16)33-3/h5-11H,4,12,25H2,1-3H3,(H,26,29)(H,27,32). The van der Waals surface area contributed by atoms with E-state index in [4.69, 9.17) is 26.6 Å². The van der Waals surface area contributed by atoms with Gasteiger partial charge in [-0.05, 0) is 37.6 Å². The van der Waals surface area contributed by atoms with Gasteiger partial charge in [-0.1, -0.05) is 41.0 Å². The number of anilines is 3. The molecule has 0 aliphatic carbocycles. The molecule has 2 aromatic heterocycles. The van der Waals surface area contributed by atoms with Crippen LogP contribution in [-0.4, -0.2) is 39.5 Å². The van der Waals surface area contributed by atoms with Gasteiger partial charge < -0.3 is 25.6 Å². The quantitative estimate of drug-likeness (QED) is 0.340. The molecule has 0 unspecified atom stereocenters. The zero-order chi connectivity index (χ0) is 24.2. The topological polar surface area (TPSA) is 133 Å². The number of nitrogens with zero attached hydrogens (tertiary/aromatic N) is 4. The lowest BCUT2D eigenvalue weighted by molar-refractivity contribution is -0.116. The van der Waals surface area contributed by atoms with Crippen LogP contribution in [0.1, 0.15) is 12.5 Å². The Kier molecular flexibility index (Phi) is 6.69. The first kappa shape index (κ1) is 23.1. The number of hydrogen-bond donors (Lipinski definition) is 3. The second-order valence-electron chi connectivity index (χ2n) is 7.43. The maximum Gasteiger partial charge on any atom is 0.265 e. The number of amides is 1. The molecule has 0 aliphatic rings. The molecule has 0 atom stereocenters. The molecule has 176 valence electrons. The molecule has 1 amide bonds. The van der Waals surface area contributed by atoms with Crippen molar-refractivity contribution in [3.05, 3.63) is 53.1 Å². The van der Waals surface area contributed by atoms with E-state index in [0.717, 1.165) is 11.1 Å². The van der Waals surface area contributed by atoms with Crippen molar-refractivity contribution in [1.82, 2.24) is 19.9 Å². The Morgan fingerprint density at radius 2 is 2.06 bits per heavy atom. The van der Waals surface area contributed by atoms with E-state index in [-0.39, 0.29) is 24.2 Å². The minimum absolute atomic E-state index is 0.154. The Morgan fingerprint density at radius 1 is 1.26 bits per heavy atom. The van der Waals surface area contributed by atoms with Crippen LogP contribution in [0.3, 0.4) is 0 Å².